The highest BCUT2D eigenvalue weighted by Gasteiger charge is 2.18. The Balaban J connectivity index is 1.77. The minimum absolute atomic E-state index is 0.0614. The van der Waals surface area contributed by atoms with E-state index in [0.717, 1.165) is 17.4 Å². The van der Waals surface area contributed by atoms with Crippen LogP contribution in [0.15, 0.2) is 54.6 Å². The summed E-state index contributed by atoms with van der Waals surface area (Å²) in [5.41, 5.74) is 7.22. The molecule has 154 valence electrons. The van der Waals surface area contributed by atoms with Crippen molar-refractivity contribution in [1.82, 2.24) is 15.4 Å². The van der Waals surface area contributed by atoms with E-state index in [9.17, 15) is 19.7 Å². The Morgan fingerprint density at radius 1 is 1.00 bits per heavy atom. The Bertz CT molecular complexity index is 1140. The van der Waals surface area contributed by atoms with Crippen LogP contribution in [-0.4, -0.2) is 28.4 Å². The second-order valence-electron chi connectivity index (χ2n) is 6.54. The zero-order valence-corrected chi connectivity index (χ0v) is 16.6. The van der Waals surface area contributed by atoms with Crippen LogP contribution in [0.5, 0.6) is 5.75 Å². The molecule has 2 aromatic carbocycles. The molecular weight excluding hydrogens is 388 g/mol. The fourth-order valence-electron chi connectivity index (χ4n) is 3.15. The molecule has 0 saturated carbocycles. The molecule has 0 aliphatic rings. The van der Waals surface area contributed by atoms with Crippen LogP contribution in [0, 0.1) is 24.0 Å². The van der Waals surface area contributed by atoms with Crippen molar-refractivity contribution in [3.05, 3.63) is 87.2 Å². The number of nitrogens with zero attached hydrogens (tertiary/aromatic N) is 2. The number of hydrogen-bond acceptors (Lipinski definition) is 5. The summed E-state index contributed by atoms with van der Waals surface area (Å²) in [7, 11) is 1.58. The third-order valence-corrected chi connectivity index (χ3v) is 4.60. The quantitative estimate of drug-likeness (QED) is 0.497. The van der Waals surface area contributed by atoms with Gasteiger partial charge in [0.2, 0.25) is 0 Å². The molecular formula is C21H20N4O5. The number of non-ortho nitro benzene ring substituents is 1. The number of aryl methyl sites for hydroxylation is 1. The molecule has 30 heavy (non-hydrogen) atoms. The van der Waals surface area contributed by atoms with E-state index in [-0.39, 0.29) is 11.3 Å². The molecule has 0 atom stereocenters. The second kappa shape index (κ2) is 8.48. The predicted octanol–water partition coefficient (Wildman–Crippen LogP) is 3.09. The van der Waals surface area contributed by atoms with Gasteiger partial charge in [0.25, 0.3) is 17.5 Å². The van der Waals surface area contributed by atoms with Gasteiger partial charge in [-0.3, -0.25) is 30.6 Å². The summed E-state index contributed by atoms with van der Waals surface area (Å²) in [5, 5.41) is 10.8. The summed E-state index contributed by atoms with van der Waals surface area (Å²) in [6.07, 6.45) is 0. The molecule has 0 aliphatic heterocycles. The first kappa shape index (κ1) is 20.6. The number of carbonyl (C=O) groups excluding carboxylic acids is 2. The number of methoxy groups -OCH3 is 1. The minimum atomic E-state index is -0.659. The van der Waals surface area contributed by atoms with Crippen molar-refractivity contribution in [2.75, 3.05) is 7.11 Å². The van der Waals surface area contributed by atoms with Crippen molar-refractivity contribution in [2.24, 2.45) is 0 Å². The zero-order chi connectivity index (χ0) is 21.8. The number of nitrogens with one attached hydrogen (secondary N) is 2. The first-order chi connectivity index (χ1) is 14.3. The monoisotopic (exact) mass is 408 g/mol. The molecule has 1 heterocycles. The number of rotatable bonds is 5. The largest absolute Gasteiger partial charge is 0.497 e. The first-order valence-corrected chi connectivity index (χ1v) is 9.00. The average molecular weight is 408 g/mol. The highest BCUT2D eigenvalue weighted by Crippen LogP contribution is 2.23. The molecule has 1 aromatic heterocycles. The number of hydrazine groups is 1. The fraction of sp³-hybridized carbons (Fsp3) is 0.143. The van der Waals surface area contributed by atoms with Crippen molar-refractivity contribution in [3.8, 4) is 11.4 Å². The Morgan fingerprint density at radius 3 is 2.40 bits per heavy atom. The number of nitro groups is 1. The minimum Gasteiger partial charge on any atom is -0.497 e. The fourth-order valence-corrected chi connectivity index (χ4v) is 3.15. The average Bonchev–Trinajstić information content (AvgIpc) is 3.05. The molecule has 0 unspecified atom stereocenters. The van der Waals surface area contributed by atoms with E-state index in [2.05, 4.69) is 10.9 Å². The van der Waals surface area contributed by atoms with E-state index in [1.807, 2.05) is 35.8 Å². The number of carbonyl (C=O) groups is 2. The predicted molar refractivity (Wildman–Crippen MR) is 110 cm³/mol. The lowest BCUT2D eigenvalue weighted by atomic mass is 10.2. The third kappa shape index (κ3) is 4.14. The van der Waals surface area contributed by atoms with Gasteiger partial charge in [-0.25, -0.2) is 0 Å². The number of amides is 2. The lowest BCUT2D eigenvalue weighted by Crippen LogP contribution is -2.41. The van der Waals surface area contributed by atoms with Crippen LogP contribution in [-0.2, 0) is 0 Å². The lowest BCUT2D eigenvalue weighted by Gasteiger charge is -2.11. The maximum Gasteiger partial charge on any atom is 0.271 e. The summed E-state index contributed by atoms with van der Waals surface area (Å²) in [6.45, 7) is 3.66. The molecule has 2 amide bonds. The van der Waals surface area contributed by atoms with Gasteiger partial charge in [0.1, 0.15) is 5.75 Å². The van der Waals surface area contributed by atoms with Gasteiger partial charge in [0, 0.05) is 40.8 Å². The summed E-state index contributed by atoms with van der Waals surface area (Å²) >= 11 is 0. The molecule has 2 N–H and O–H groups in total. The van der Waals surface area contributed by atoms with Gasteiger partial charge in [-0.1, -0.05) is 12.1 Å². The first-order valence-electron chi connectivity index (χ1n) is 9.00. The molecule has 0 saturated heterocycles. The third-order valence-electron chi connectivity index (χ3n) is 4.60. The molecule has 0 bridgehead atoms. The molecule has 0 aliphatic carbocycles. The topological polar surface area (TPSA) is 116 Å². The SMILES string of the molecule is COc1cccc(-n2c(C)cc(C(=O)NNC(=O)c3cccc([N+](=O)[O-])c3)c2C)c1. The van der Waals surface area contributed by atoms with Crippen molar-refractivity contribution in [2.45, 2.75) is 13.8 Å². The smallest absolute Gasteiger partial charge is 0.271 e. The highest BCUT2D eigenvalue weighted by molar-refractivity contribution is 6.00. The highest BCUT2D eigenvalue weighted by atomic mass is 16.6. The van der Waals surface area contributed by atoms with Crippen molar-refractivity contribution < 1.29 is 19.2 Å². The van der Waals surface area contributed by atoms with Gasteiger partial charge in [0.05, 0.1) is 17.6 Å². The molecule has 0 spiro atoms. The number of hydrogen-bond donors (Lipinski definition) is 2. The molecule has 3 aromatic rings. The maximum atomic E-state index is 12.6. The second-order valence-corrected chi connectivity index (χ2v) is 6.54. The summed E-state index contributed by atoms with van der Waals surface area (Å²) < 4.78 is 7.16. The molecule has 0 fully saturated rings. The van der Waals surface area contributed by atoms with Gasteiger partial charge in [-0.05, 0) is 38.1 Å². The molecule has 9 nitrogen and oxygen atoms in total. The summed E-state index contributed by atoms with van der Waals surface area (Å²) in [6, 6.07) is 14.4. The summed E-state index contributed by atoms with van der Waals surface area (Å²) in [5.74, 6) is -0.472. The van der Waals surface area contributed by atoms with Crippen LogP contribution in [0.25, 0.3) is 5.69 Å². The van der Waals surface area contributed by atoms with E-state index in [4.69, 9.17) is 4.74 Å². The van der Waals surface area contributed by atoms with Crippen LogP contribution in [0.3, 0.4) is 0 Å². The van der Waals surface area contributed by atoms with E-state index in [1.165, 1.54) is 18.2 Å². The van der Waals surface area contributed by atoms with E-state index in [1.54, 1.807) is 20.1 Å². The van der Waals surface area contributed by atoms with Crippen LogP contribution < -0.4 is 15.6 Å². The van der Waals surface area contributed by atoms with Crippen molar-refractivity contribution >= 4 is 17.5 Å². The van der Waals surface area contributed by atoms with E-state index < -0.39 is 16.7 Å². The molecule has 9 heteroatoms. The van der Waals surface area contributed by atoms with Crippen LogP contribution in [0.2, 0.25) is 0 Å². The maximum absolute atomic E-state index is 12.6. The zero-order valence-electron chi connectivity index (χ0n) is 16.6. The van der Waals surface area contributed by atoms with E-state index in [0.29, 0.717) is 17.0 Å². The van der Waals surface area contributed by atoms with Crippen LogP contribution >= 0.6 is 0 Å². The van der Waals surface area contributed by atoms with Gasteiger partial charge >= 0.3 is 0 Å². The van der Waals surface area contributed by atoms with Gasteiger partial charge in [-0.15, -0.1) is 0 Å². The Labute approximate surface area is 172 Å². The normalized spacial score (nSPS) is 10.4. The number of aromatic nitrogens is 1. The number of benzene rings is 2. The summed E-state index contributed by atoms with van der Waals surface area (Å²) in [4.78, 5) is 35.1. The Morgan fingerprint density at radius 2 is 1.70 bits per heavy atom. The number of ether oxygens (including phenoxy) is 1. The lowest BCUT2D eigenvalue weighted by molar-refractivity contribution is -0.384. The molecule has 3 rings (SSSR count). The van der Waals surface area contributed by atoms with Crippen LogP contribution in [0.4, 0.5) is 5.69 Å². The van der Waals surface area contributed by atoms with Gasteiger partial charge < -0.3 is 9.30 Å². The van der Waals surface area contributed by atoms with Gasteiger partial charge in [-0.2, -0.15) is 0 Å². The number of nitro benzene ring substituents is 1. The Hall–Kier alpha value is -4.14. The standard InChI is InChI=1S/C21H20N4O5/c1-13-10-19(14(2)24(13)16-7-5-9-18(12-16)30-3)21(27)23-22-20(26)15-6-4-8-17(11-15)25(28)29/h4-12H,1-3H3,(H,22,26)(H,23,27). The van der Waals surface area contributed by atoms with Gasteiger partial charge in [0.15, 0.2) is 0 Å². The van der Waals surface area contributed by atoms with Crippen LogP contribution in [0.1, 0.15) is 32.1 Å². The van der Waals surface area contributed by atoms with Crippen molar-refractivity contribution in [1.29, 1.82) is 0 Å². The van der Waals surface area contributed by atoms with Crippen molar-refractivity contribution in [3.63, 3.8) is 0 Å². The molecule has 0 radical (unpaired) electrons. The Kier molecular flexibility index (Phi) is 5.82. The van der Waals surface area contributed by atoms with E-state index >= 15 is 0 Å².